The molecule has 102 valence electrons. The zero-order chi connectivity index (χ0) is 13.5. The molecule has 3 rings (SSSR count). The lowest BCUT2D eigenvalue weighted by Crippen LogP contribution is -2.43. The summed E-state index contributed by atoms with van der Waals surface area (Å²) in [6.07, 6.45) is -4.27. The molecule has 19 heavy (non-hydrogen) atoms. The lowest BCUT2D eigenvalue weighted by molar-refractivity contribution is -0.137. The van der Waals surface area contributed by atoms with Gasteiger partial charge in [-0.05, 0) is 12.1 Å². The fraction of sp³-hybridized carbons (Fsp3) is 0.385. The number of thiophene rings is 1. The average molecular weight is 286 g/mol. The molecule has 2 aromatic rings. The largest absolute Gasteiger partial charge is 0.416 e. The van der Waals surface area contributed by atoms with Crippen molar-refractivity contribution >= 4 is 27.1 Å². The first-order chi connectivity index (χ1) is 9.05. The van der Waals surface area contributed by atoms with Crippen LogP contribution in [0.5, 0.6) is 0 Å². The summed E-state index contributed by atoms with van der Waals surface area (Å²) in [7, 11) is 0. The van der Waals surface area contributed by atoms with Crippen LogP contribution in [0.3, 0.4) is 0 Å². The molecule has 0 amide bonds. The van der Waals surface area contributed by atoms with Gasteiger partial charge in [-0.1, -0.05) is 6.07 Å². The van der Waals surface area contributed by atoms with Gasteiger partial charge in [-0.25, -0.2) is 0 Å². The van der Waals surface area contributed by atoms with Crippen LogP contribution < -0.4 is 10.2 Å². The number of rotatable bonds is 1. The summed E-state index contributed by atoms with van der Waals surface area (Å²) < 4.78 is 38.7. The smallest absolute Gasteiger partial charge is 0.368 e. The van der Waals surface area contributed by atoms with Crippen LogP contribution >= 0.6 is 11.3 Å². The molecule has 2 nitrogen and oxygen atoms in total. The minimum absolute atomic E-state index is 0.575. The van der Waals surface area contributed by atoms with Gasteiger partial charge in [-0.15, -0.1) is 11.3 Å². The molecule has 1 aromatic heterocycles. The second kappa shape index (κ2) is 4.68. The van der Waals surface area contributed by atoms with Crippen molar-refractivity contribution in [2.45, 2.75) is 6.18 Å². The molecule has 1 N–H and O–H groups in total. The van der Waals surface area contributed by atoms with Crippen molar-refractivity contribution < 1.29 is 13.2 Å². The van der Waals surface area contributed by atoms with Gasteiger partial charge < -0.3 is 10.2 Å². The van der Waals surface area contributed by atoms with Crippen LogP contribution in [-0.4, -0.2) is 26.2 Å². The number of hydrogen-bond acceptors (Lipinski definition) is 3. The minimum atomic E-state index is -4.27. The Balaban J connectivity index is 2.00. The van der Waals surface area contributed by atoms with Gasteiger partial charge in [0.25, 0.3) is 0 Å². The van der Waals surface area contributed by atoms with Crippen LogP contribution in [0.15, 0.2) is 23.6 Å². The SMILES string of the molecule is FC(F)(F)c1ccc2c(N3CCNCC3)csc2c1. The summed E-state index contributed by atoms with van der Waals surface area (Å²) in [6, 6.07) is 4.00. The molecule has 6 heteroatoms. The quantitative estimate of drug-likeness (QED) is 0.865. The van der Waals surface area contributed by atoms with Crippen LogP contribution in [0.1, 0.15) is 5.56 Å². The molecule has 1 fully saturated rings. The second-order valence-electron chi connectivity index (χ2n) is 4.57. The summed E-state index contributed by atoms with van der Waals surface area (Å²) >= 11 is 1.38. The first kappa shape index (κ1) is 12.7. The molecule has 1 aromatic carbocycles. The maximum absolute atomic E-state index is 12.7. The highest BCUT2D eigenvalue weighted by atomic mass is 32.1. The van der Waals surface area contributed by atoms with Crippen molar-refractivity contribution in [2.75, 3.05) is 31.1 Å². The van der Waals surface area contributed by atoms with Crippen molar-refractivity contribution in [3.05, 3.63) is 29.1 Å². The number of fused-ring (bicyclic) bond motifs is 1. The number of piperazine rings is 1. The van der Waals surface area contributed by atoms with Crippen molar-refractivity contribution in [1.82, 2.24) is 5.32 Å². The van der Waals surface area contributed by atoms with E-state index in [9.17, 15) is 13.2 Å². The van der Waals surface area contributed by atoms with E-state index in [0.717, 1.165) is 37.3 Å². The topological polar surface area (TPSA) is 15.3 Å². The lowest BCUT2D eigenvalue weighted by Gasteiger charge is -2.28. The summed E-state index contributed by atoms with van der Waals surface area (Å²) in [5.74, 6) is 0. The second-order valence-corrected chi connectivity index (χ2v) is 5.48. The van der Waals surface area contributed by atoms with Crippen molar-refractivity contribution in [3.63, 3.8) is 0 Å². The fourth-order valence-corrected chi connectivity index (χ4v) is 3.35. The highest BCUT2D eigenvalue weighted by molar-refractivity contribution is 7.17. The average Bonchev–Trinajstić information content (AvgIpc) is 2.81. The summed E-state index contributed by atoms with van der Waals surface area (Å²) in [6.45, 7) is 3.62. The normalized spacial score (nSPS) is 17.1. The Morgan fingerprint density at radius 1 is 1.16 bits per heavy atom. The summed E-state index contributed by atoms with van der Waals surface area (Å²) in [5.41, 5.74) is 0.476. The van der Waals surface area contributed by atoms with Gasteiger partial charge >= 0.3 is 6.18 Å². The maximum atomic E-state index is 12.7. The lowest BCUT2D eigenvalue weighted by atomic mass is 10.1. The van der Waals surface area contributed by atoms with E-state index in [0.29, 0.717) is 4.70 Å². The number of alkyl halides is 3. The van der Waals surface area contributed by atoms with Gasteiger partial charge in [0, 0.05) is 41.6 Å². The first-order valence-corrected chi connectivity index (χ1v) is 6.98. The van der Waals surface area contributed by atoms with Crippen LogP contribution in [0.2, 0.25) is 0 Å². The molecule has 0 atom stereocenters. The Morgan fingerprint density at radius 2 is 1.89 bits per heavy atom. The van der Waals surface area contributed by atoms with Crippen LogP contribution in [0.4, 0.5) is 18.9 Å². The highest BCUT2D eigenvalue weighted by Crippen LogP contribution is 2.37. The number of hydrogen-bond donors (Lipinski definition) is 1. The molecular weight excluding hydrogens is 273 g/mol. The van der Waals surface area contributed by atoms with Crippen molar-refractivity contribution in [2.24, 2.45) is 0 Å². The molecule has 0 spiro atoms. The van der Waals surface area contributed by atoms with Gasteiger partial charge in [0.1, 0.15) is 0 Å². The number of anilines is 1. The Bertz CT molecular complexity index is 585. The molecule has 0 aliphatic carbocycles. The minimum Gasteiger partial charge on any atom is -0.368 e. The van der Waals surface area contributed by atoms with E-state index < -0.39 is 11.7 Å². The first-order valence-electron chi connectivity index (χ1n) is 6.10. The molecule has 0 bridgehead atoms. The third kappa shape index (κ3) is 2.42. The standard InChI is InChI=1S/C13H13F3N2S/c14-13(15,16)9-1-2-10-11(8-19-12(10)7-9)18-5-3-17-4-6-18/h1-2,7-8,17H,3-6H2. The Hall–Kier alpha value is -1.27. The van der Waals surface area contributed by atoms with Gasteiger partial charge in [0.2, 0.25) is 0 Å². The van der Waals surface area contributed by atoms with Gasteiger partial charge in [0.05, 0.1) is 11.3 Å². The molecule has 1 aliphatic rings. The Morgan fingerprint density at radius 3 is 2.58 bits per heavy atom. The van der Waals surface area contributed by atoms with Gasteiger partial charge in [0.15, 0.2) is 0 Å². The Kier molecular flexibility index (Phi) is 3.14. The number of nitrogens with one attached hydrogen (secondary N) is 1. The number of halogens is 3. The molecule has 0 unspecified atom stereocenters. The molecule has 0 saturated carbocycles. The zero-order valence-electron chi connectivity index (χ0n) is 10.1. The summed E-state index contributed by atoms with van der Waals surface area (Å²) in [4.78, 5) is 2.22. The van der Waals surface area contributed by atoms with E-state index in [1.165, 1.54) is 23.5 Å². The van der Waals surface area contributed by atoms with E-state index in [1.54, 1.807) is 6.07 Å². The molecule has 2 heterocycles. The molecule has 1 aliphatic heterocycles. The number of benzene rings is 1. The third-order valence-corrected chi connectivity index (χ3v) is 4.27. The predicted molar refractivity (Wildman–Crippen MR) is 71.9 cm³/mol. The monoisotopic (exact) mass is 286 g/mol. The molecular formula is C13H13F3N2S. The van der Waals surface area contributed by atoms with Crippen molar-refractivity contribution in [3.8, 4) is 0 Å². The van der Waals surface area contributed by atoms with Crippen molar-refractivity contribution in [1.29, 1.82) is 0 Å². The van der Waals surface area contributed by atoms with Gasteiger partial charge in [-0.2, -0.15) is 13.2 Å². The van der Waals surface area contributed by atoms with Crippen LogP contribution in [0.25, 0.3) is 10.1 Å². The summed E-state index contributed by atoms with van der Waals surface area (Å²) in [5, 5.41) is 6.14. The third-order valence-electron chi connectivity index (χ3n) is 3.34. The van der Waals surface area contributed by atoms with E-state index in [-0.39, 0.29) is 0 Å². The molecule has 1 saturated heterocycles. The predicted octanol–water partition coefficient (Wildman–Crippen LogP) is 3.33. The zero-order valence-corrected chi connectivity index (χ0v) is 10.9. The van der Waals surface area contributed by atoms with E-state index >= 15 is 0 Å². The van der Waals surface area contributed by atoms with Crippen LogP contribution in [0, 0.1) is 0 Å². The van der Waals surface area contributed by atoms with E-state index in [2.05, 4.69) is 10.2 Å². The Labute approximate surface area is 112 Å². The number of nitrogens with zero attached hydrogens (tertiary/aromatic N) is 1. The van der Waals surface area contributed by atoms with Crippen LogP contribution in [-0.2, 0) is 6.18 Å². The molecule has 0 radical (unpaired) electrons. The maximum Gasteiger partial charge on any atom is 0.416 e. The highest BCUT2D eigenvalue weighted by Gasteiger charge is 2.30. The van der Waals surface area contributed by atoms with E-state index in [4.69, 9.17) is 0 Å². The van der Waals surface area contributed by atoms with Gasteiger partial charge in [-0.3, -0.25) is 0 Å². The van der Waals surface area contributed by atoms with E-state index in [1.807, 2.05) is 5.38 Å². The fourth-order valence-electron chi connectivity index (χ4n) is 2.34.